The van der Waals surface area contributed by atoms with E-state index in [-0.39, 0.29) is 5.82 Å². The standard InChI is InChI=1S/C14H9ClFNOS/c15-11-7-10(16)6-5-9(11)8-19-14-17-12-3-1-2-4-13(12)18-14/h1-7H,8H2. The van der Waals surface area contributed by atoms with Gasteiger partial charge in [0.25, 0.3) is 5.22 Å². The van der Waals surface area contributed by atoms with E-state index in [0.717, 1.165) is 16.7 Å². The summed E-state index contributed by atoms with van der Waals surface area (Å²) in [4.78, 5) is 4.35. The Morgan fingerprint density at radius 1 is 1.21 bits per heavy atom. The normalized spacial score (nSPS) is 11.1. The number of rotatable bonds is 3. The highest BCUT2D eigenvalue weighted by molar-refractivity contribution is 7.98. The predicted octanol–water partition coefficient (Wildman–Crippen LogP) is 4.91. The minimum atomic E-state index is -0.333. The first kappa shape index (κ1) is 12.5. The maximum atomic E-state index is 12.9. The number of hydrogen-bond acceptors (Lipinski definition) is 3. The lowest BCUT2D eigenvalue weighted by Crippen LogP contribution is -1.84. The number of benzene rings is 2. The van der Waals surface area contributed by atoms with Crippen molar-refractivity contribution in [3.05, 3.63) is 58.9 Å². The number of oxazole rings is 1. The van der Waals surface area contributed by atoms with Crippen molar-refractivity contribution >= 4 is 34.5 Å². The van der Waals surface area contributed by atoms with Crippen molar-refractivity contribution in [1.82, 2.24) is 4.98 Å². The molecule has 0 unspecified atom stereocenters. The van der Waals surface area contributed by atoms with Gasteiger partial charge in [0.05, 0.1) is 0 Å². The number of fused-ring (bicyclic) bond motifs is 1. The molecule has 0 fully saturated rings. The van der Waals surface area contributed by atoms with Crippen molar-refractivity contribution < 1.29 is 8.81 Å². The molecule has 19 heavy (non-hydrogen) atoms. The molecular formula is C14H9ClFNOS. The molecule has 3 rings (SSSR count). The van der Waals surface area contributed by atoms with Gasteiger partial charge in [-0.25, -0.2) is 9.37 Å². The Labute approximate surface area is 118 Å². The van der Waals surface area contributed by atoms with Crippen LogP contribution >= 0.6 is 23.4 Å². The minimum Gasteiger partial charge on any atom is -0.431 e. The monoisotopic (exact) mass is 293 g/mol. The SMILES string of the molecule is Fc1ccc(CSc2nc3ccccc3o2)c(Cl)c1. The van der Waals surface area contributed by atoms with E-state index in [0.29, 0.717) is 16.0 Å². The number of thioether (sulfide) groups is 1. The zero-order valence-electron chi connectivity index (χ0n) is 9.77. The fourth-order valence-corrected chi connectivity index (χ4v) is 2.85. The van der Waals surface area contributed by atoms with Crippen LogP contribution in [0.3, 0.4) is 0 Å². The first-order valence-corrected chi connectivity index (χ1v) is 7.01. The number of halogens is 2. The molecule has 96 valence electrons. The molecule has 2 aromatic carbocycles. The Morgan fingerprint density at radius 3 is 2.84 bits per heavy atom. The van der Waals surface area contributed by atoms with Gasteiger partial charge in [-0.3, -0.25) is 0 Å². The van der Waals surface area contributed by atoms with Crippen molar-refractivity contribution in [2.24, 2.45) is 0 Å². The Bertz CT molecular complexity index is 695. The second-order valence-electron chi connectivity index (χ2n) is 3.97. The predicted molar refractivity (Wildman–Crippen MR) is 75.0 cm³/mol. The van der Waals surface area contributed by atoms with Crippen molar-refractivity contribution in [1.29, 1.82) is 0 Å². The Hall–Kier alpha value is -1.52. The van der Waals surface area contributed by atoms with E-state index in [1.54, 1.807) is 6.07 Å². The van der Waals surface area contributed by atoms with Gasteiger partial charge >= 0.3 is 0 Å². The zero-order chi connectivity index (χ0) is 13.2. The lowest BCUT2D eigenvalue weighted by molar-refractivity contribution is 0.489. The summed E-state index contributed by atoms with van der Waals surface area (Å²) in [5.41, 5.74) is 2.45. The lowest BCUT2D eigenvalue weighted by Gasteiger charge is -2.01. The molecular weight excluding hydrogens is 285 g/mol. The average Bonchev–Trinajstić information content (AvgIpc) is 2.80. The highest BCUT2D eigenvalue weighted by Gasteiger charge is 2.08. The zero-order valence-corrected chi connectivity index (χ0v) is 11.3. The summed E-state index contributed by atoms with van der Waals surface area (Å²) in [6.45, 7) is 0. The third-order valence-electron chi connectivity index (χ3n) is 2.64. The molecule has 0 aliphatic heterocycles. The minimum absolute atomic E-state index is 0.333. The third-order valence-corrected chi connectivity index (χ3v) is 3.87. The van der Waals surface area contributed by atoms with Gasteiger partial charge in [0, 0.05) is 10.8 Å². The summed E-state index contributed by atoms with van der Waals surface area (Å²) in [7, 11) is 0. The van der Waals surface area contributed by atoms with Crippen LogP contribution in [0.15, 0.2) is 52.1 Å². The average molecular weight is 294 g/mol. The van der Waals surface area contributed by atoms with Crippen LogP contribution in [0.2, 0.25) is 5.02 Å². The lowest BCUT2D eigenvalue weighted by atomic mass is 10.2. The summed E-state index contributed by atoms with van der Waals surface area (Å²) in [5, 5.41) is 1.00. The van der Waals surface area contributed by atoms with Gasteiger partial charge in [-0.1, -0.05) is 41.6 Å². The fraction of sp³-hybridized carbons (Fsp3) is 0.0714. The van der Waals surface area contributed by atoms with Crippen LogP contribution in [-0.4, -0.2) is 4.98 Å². The summed E-state index contributed by atoms with van der Waals surface area (Å²) >= 11 is 7.40. The summed E-state index contributed by atoms with van der Waals surface area (Å²) in [6, 6.07) is 12.0. The van der Waals surface area contributed by atoms with E-state index in [1.165, 1.54) is 23.9 Å². The molecule has 0 radical (unpaired) electrons. The first-order valence-electron chi connectivity index (χ1n) is 5.65. The quantitative estimate of drug-likeness (QED) is 0.642. The van der Waals surface area contributed by atoms with Crippen molar-refractivity contribution in [2.75, 3.05) is 0 Å². The third kappa shape index (κ3) is 2.74. The largest absolute Gasteiger partial charge is 0.431 e. The van der Waals surface area contributed by atoms with E-state index in [4.69, 9.17) is 16.0 Å². The van der Waals surface area contributed by atoms with Crippen LogP contribution in [0, 0.1) is 5.82 Å². The van der Waals surface area contributed by atoms with Gasteiger partial charge in [-0.05, 0) is 29.8 Å². The Morgan fingerprint density at radius 2 is 2.05 bits per heavy atom. The second kappa shape index (κ2) is 5.23. The molecule has 0 aliphatic rings. The van der Waals surface area contributed by atoms with Gasteiger partial charge in [-0.2, -0.15) is 0 Å². The van der Waals surface area contributed by atoms with Crippen molar-refractivity contribution in [3.8, 4) is 0 Å². The second-order valence-corrected chi connectivity index (χ2v) is 5.31. The fourth-order valence-electron chi connectivity index (χ4n) is 1.69. The molecule has 0 saturated heterocycles. The van der Waals surface area contributed by atoms with E-state index in [2.05, 4.69) is 4.98 Å². The maximum absolute atomic E-state index is 12.9. The molecule has 1 aromatic heterocycles. The summed E-state index contributed by atoms with van der Waals surface area (Å²) in [5.74, 6) is 0.256. The van der Waals surface area contributed by atoms with Crippen LogP contribution in [0.25, 0.3) is 11.1 Å². The van der Waals surface area contributed by atoms with Crippen LogP contribution in [-0.2, 0) is 5.75 Å². The molecule has 0 saturated carbocycles. The van der Waals surface area contributed by atoms with Crippen molar-refractivity contribution in [2.45, 2.75) is 11.0 Å². The molecule has 3 aromatic rings. The Balaban J connectivity index is 1.78. The molecule has 0 spiro atoms. The van der Waals surface area contributed by atoms with E-state index in [1.807, 2.05) is 24.3 Å². The van der Waals surface area contributed by atoms with Gasteiger partial charge in [0.2, 0.25) is 0 Å². The smallest absolute Gasteiger partial charge is 0.257 e. The summed E-state index contributed by atoms with van der Waals surface area (Å²) in [6.07, 6.45) is 0. The number of aromatic nitrogens is 1. The number of para-hydroxylation sites is 2. The van der Waals surface area contributed by atoms with Crippen LogP contribution in [0.4, 0.5) is 4.39 Å². The van der Waals surface area contributed by atoms with Gasteiger partial charge in [0.15, 0.2) is 5.58 Å². The molecule has 0 amide bonds. The molecule has 0 bridgehead atoms. The summed E-state index contributed by atoms with van der Waals surface area (Å²) < 4.78 is 18.5. The topological polar surface area (TPSA) is 26.0 Å². The molecule has 1 heterocycles. The van der Waals surface area contributed by atoms with Gasteiger partial charge < -0.3 is 4.42 Å². The molecule has 0 aliphatic carbocycles. The number of hydrogen-bond donors (Lipinski definition) is 0. The van der Waals surface area contributed by atoms with E-state index >= 15 is 0 Å². The van der Waals surface area contributed by atoms with Gasteiger partial charge in [0.1, 0.15) is 11.3 Å². The Kier molecular flexibility index (Phi) is 3.44. The van der Waals surface area contributed by atoms with Crippen LogP contribution < -0.4 is 0 Å². The first-order chi connectivity index (χ1) is 9.22. The van der Waals surface area contributed by atoms with E-state index < -0.39 is 0 Å². The maximum Gasteiger partial charge on any atom is 0.257 e. The van der Waals surface area contributed by atoms with Crippen LogP contribution in [0.5, 0.6) is 0 Å². The van der Waals surface area contributed by atoms with Gasteiger partial charge in [-0.15, -0.1) is 0 Å². The van der Waals surface area contributed by atoms with E-state index in [9.17, 15) is 4.39 Å². The highest BCUT2D eigenvalue weighted by Crippen LogP contribution is 2.28. The molecule has 5 heteroatoms. The molecule has 0 N–H and O–H groups in total. The number of nitrogens with zero attached hydrogens (tertiary/aromatic N) is 1. The molecule has 0 atom stereocenters. The van der Waals surface area contributed by atoms with Crippen LogP contribution in [0.1, 0.15) is 5.56 Å². The molecule has 2 nitrogen and oxygen atoms in total. The highest BCUT2D eigenvalue weighted by atomic mass is 35.5. The van der Waals surface area contributed by atoms with Crippen molar-refractivity contribution in [3.63, 3.8) is 0 Å².